The number of oxazole rings is 1. The molecule has 0 radical (unpaired) electrons. The highest BCUT2D eigenvalue weighted by molar-refractivity contribution is 6.34. The standard InChI is InChI=1S/C15H12ClFN2O/c16-11-6-10(17)7-13-15(11)20-14(19-13)8-12(18)9-4-2-1-3-5-9/h1-7,12H,8,18H2. The third-order valence-electron chi connectivity index (χ3n) is 3.08. The Morgan fingerprint density at radius 2 is 2.00 bits per heavy atom. The van der Waals surface area contributed by atoms with E-state index in [0.717, 1.165) is 5.56 Å². The predicted octanol–water partition coefficient (Wildman–Crippen LogP) is 3.86. The van der Waals surface area contributed by atoms with Crippen LogP contribution in [0.3, 0.4) is 0 Å². The summed E-state index contributed by atoms with van der Waals surface area (Å²) in [6.45, 7) is 0. The van der Waals surface area contributed by atoms with Crippen LogP contribution in [-0.4, -0.2) is 4.98 Å². The zero-order chi connectivity index (χ0) is 14.1. The lowest BCUT2D eigenvalue weighted by atomic mass is 10.1. The number of hydrogen-bond donors (Lipinski definition) is 1. The number of hydrogen-bond acceptors (Lipinski definition) is 3. The molecule has 0 aliphatic heterocycles. The van der Waals surface area contributed by atoms with E-state index in [1.54, 1.807) is 0 Å². The van der Waals surface area contributed by atoms with E-state index in [9.17, 15) is 4.39 Å². The van der Waals surface area contributed by atoms with Gasteiger partial charge in [0, 0.05) is 18.5 Å². The Morgan fingerprint density at radius 1 is 1.25 bits per heavy atom. The second-order valence-electron chi connectivity index (χ2n) is 4.56. The fourth-order valence-corrected chi connectivity index (χ4v) is 2.34. The molecule has 0 bridgehead atoms. The molecule has 5 heteroatoms. The molecule has 102 valence electrons. The van der Waals surface area contributed by atoms with E-state index in [2.05, 4.69) is 4.98 Å². The molecule has 3 aromatic rings. The minimum Gasteiger partial charge on any atom is -0.439 e. The van der Waals surface area contributed by atoms with Crippen molar-refractivity contribution in [2.24, 2.45) is 5.73 Å². The molecule has 0 spiro atoms. The van der Waals surface area contributed by atoms with E-state index in [1.807, 2.05) is 30.3 Å². The molecule has 0 saturated heterocycles. The maximum absolute atomic E-state index is 13.2. The Kier molecular flexibility index (Phi) is 3.42. The van der Waals surface area contributed by atoms with Crippen LogP contribution in [0.15, 0.2) is 46.9 Å². The van der Waals surface area contributed by atoms with Crippen LogP contribution >= 0.6 is 11.6 Å². The van der Waals surface area contributed by atoms with Crippen LogP contribution in [0, 0.1) is 5.82 Å². The summed E-state index contributed by atoms with van der Waals surface area (Å²) in [5, 5.41) is 0.215. The van der Waals surface area contributed by atoms with Crippen LogP contribution in [0.4, 0.5) is 4.39 Å². The lowest BCUT2D eigenvalue weighted by molar-refractivity contribution is 0.502. The van der Waals surface area contributed by atoms with Crippen LogP contribution < -0.4 is 5.73 Å². The molecule has 2 aromatic carbocycles. The third kappa shape index (κ3) is 2.53. The third-order valence-corrected chi connectivity index (χ3v) is 3.36. The number of nitrogens with two attached hydrogens (primary N) is 1. The van der Waals surface area contributed by atoms with Gasteiger partial charge >= 0.3 is 0 Å². The molecule has 20 heavy (non-hydrogen) atoms. The minimum atomic E-state index is -0.435. The minimum absolute atomic E-state index is 0.215. The summed E-state index contributed by atoms with van der Waals surface area (Å²) in [5.74, 6) is 0.0126. The number of benzene rings is 2. The summed E-state index contributed by atoms with van der Waals surface area (Å²) < 4.78 is 18.8. The van der Waals surface area contributed by atoms with Gasteiger partial charge in [-0.2, -0.15) is 0 Å². The first-order valence-electron chi connectivity index (χ1n) is 6.18. The van der Waals surface area contributed by atoms with Crippen LogP contribution in [0.5, 0.6) is 0 Å². The summed E-state index contributed by atoms with van der Waals surface area (Å²) in [4.78, 5) is 4.23. The summed E-state index contributed by atoms with van der Waals surface area (Å²) in [6, 6.07) is 11.9. The van der Waals surface area contributed by atoms with Gasteiger partial charge in [-0.25, -0.2) is 9.37 Å². The van der Waals surface area contributed by atoms with Crippen molar-refractivity contribution in [3.63, 3.8) is 0 Å². The topological polar surface area (TPSA) is 52.0 Å². The molecular weight excluding hydrogens is 279 g/mol. The Hall–Kier alpha value is -1.91. The highest BCUT2D eigenvalue weighted by atomic mass is 35.5. The number of aromatic nitrogens is 1. The molecule has 1 unspecified atom stereocenters. The smallest absolute Gasteiger partial charge is 0.197 e. The highest BCUT2D eigenvalue weighted by Gasteiger charge is 2.14. The van der Waals surface area contributed by atoms with Crippen molar-refractivity contribution in [2.75, 3.05) is 0 Å². The van der Waals surface area contributed by atoms with Gasteiger partial charge in [-0.3, -0.25) is 0 Å². The van der Waals surface area contributed by atoms with E-state index in [-0.39, 0.29) is 11.1 Å². The number of nitrogens with zero attached hydrogens (tertiary/aromatic N) is 1. The Labute approximate surface area is 120 Å². The predicted molar refractivity (Wildman–Crippen MR) is 76.1 cm³/mol. The fraction of sp³-hybridized carbons (Fsp3) is 0.133. The molecular formula is C15H12ClFN2O. The van der Waals surface area contributed by atoms with Crippen molar-refractivity contribution in [3.05, 3.63) is 64.8 Å². The molecule has 2 N–H and O–H groups in total. The van der Waals surface area contributed by atoms with Crippen molar-refractivity contribution < 1.29 is 8.81 Å². The molecule has 1 aromatic heterocycles. The Morgan fingerprint density at radius 3 is 2.75 bits per heavy atom. The van der Waals surface area contributed by atoms with Gasteiger partial charge < -0.3 is 10.2 Å². The first-order valence-corrected chi connectivity index (χ1v) is 6.56. The summed E-state index contributed by atoms with van der Waals surface area (Å²) in [6.07, 6.45) is 0.427. The maximum atomic E-state index is 13.2. The molecule has 0 saturated carbocycles. The lowest BCUT2D eigenvalue weighted by Gasteiger charge is -2.08. The molecule has 0 fully saturated rings. The van der Waals surface area contributed by atoms with Gasteiger partial charge in [-0.15, -0.1) is 0 Å². The van der Waals surface area contributed by atoms with Crippen LogP contribution in [0.25, 0.3) is 11.1 Å². The molecule has 1 atom stereocenters. The number of halogens is 2. The fourth-order valence-electron chi connectivity index (χ4n) is 2.10. The Balaban J connectivity index is 1.90. The van der Waals surface area contributed by atoms with E-state index in [4.69, 9.17) is 21.8 Å². The second-order valence-corrected chi connectivity index (χ2v) is 4.97. The lowest BCUT2D eigenvalue weighted by Crippen LogP contribution is -2.13. The molecule has 0 aliphatic carbocycles. The number of rotatable bonds is 3. The SMILES string of the molecule is NC(Cc1nc2cc(F)cc(Cl)c2o1)c1ccccc1. The molecule has 3 rings (SSSR count). The maximum Gasteiger partial charge on any atom is 0.197 e. The second kappa shape index (κ2) is 5.23. The van der Waals surface area contributed by atoms with Crippen molar-refractivity contribution in [1.82, 2.24) is 4.98 Å². The van der Waals surface area contributed by atoms with Crippen molar-refractivity contribution in [2.45, 2.75) is 12.5 Å². The van der Waals surface area contributed by atoms with E-state index in [0.29, 0.717) is 23.4 Å². The molecule has 1 heterocycles. The van der Waals surface area contributed by atoms with Crippen molar-refractivity contribution >= 4 is 22.7 Å². The quantitative estimate of drug-likeness (QED) is 0.797. The zero-order valence-electron chi connectivity index (χ0n) is 10.5. The normalized spacial score (nSPS) is 12.8. The zero-order valence-corrected chi connectivity index (χ0v) is 11.3. The summed E-state index contributed by atoms with van der Waals surface area (Å²) >= 11 is 5.92. The number of fused-ring (bicyclic) bond motifs is 1. The average molecular weight is 291 g/mol. The van der Waals surface area contributed by atoms with Gasteiger partial charge in [-0.1, -0.05) is 41.9 Å². The molecule has 0 amide bonds. The largest absolute Gasteiger partial charge is 0.439 e. The summed E-state index contributed by atoms with van der Waals surface area (Å²) in [5.41, 5.74) is 7.90. The monoisotopic (exact) mass is 290 g/mol. The van der Waals surface area contributed by atoms with Gasteiger partial charge in [0.2, 0.25) is 0 Å². The van der Waals surface area contributed by atoms with Crippen molar-refractivity contribution in [3.8, 4) is 0 Å². The average Bonchev–Trinajstić information content (AvgIpc) is 2.82. The van der Waals surface area contributed by atoms with Crippen LogP contribution in [0.1, 0.15) is 17.5 Å². The molecule has 3 nitrogen and oxygen atoms in total. The van der Waals surface area contributed by atoms with Crippen LogP contribution in [-0.2, 0) is 6.42 Å². The Bertz CT molecular complexity index is 742. The van der Waals surface area contributed by atoms with Gasteiger partial charge in [0.1, 0.15) is 11.3 Å². The van der Waals surface area contributed by atoms with Gasteiger partial charge in [0.15, 0.2) is 11.5 Å². The van der Waals surface area contributed by atoms with Crippen molar-refractivity contribution in [1.29, 1.82) is 0 Å². The first kappa shape index (κ1) is 13.1. The van der Waals surface area contributed by atoms with Gasteiger partial charge in [-0.05, 0) is 11.6 Å². The van der Waals surface area contributed by atoms with Crippen LogP contribution in [0.2, 0.25) is 5.02 Å². The molecule has 0 aliphatic rings. The highest BCUT2D eigenvalue weighted by Crippen LogP contribution is 2.27. The summed E-state index contributed by atoms with van der Waals surface area (Å²) in [7, 11) is 0. The van der Waals surface area contributed by atoms with Gasteiger partial charge in [0.05, 0.1) is 5.02 Å². The van der Waals surface area contributed by atoms with E-state index >= 15 is 0 Å². The first-order chi connectivity index (χ1) is 9.63. The van der Waals surface area contributed by atoms with Gasteiger partial charge in [0.25, 0.3) is 0 Å². The van der Waals surface area contributed by atoms with E-state index < -0.39 is 5.82 Å². The van der Waals surface area contributed by atoms with E-state index in [1.165, 1.54) is 12.1 Å².